The minimum absolute atomic E-state index is 0.0367. The molecule has 7 nitrogen and oxygen atoms in total. The minimum atomic E-state index is -4.58. The van der Waals surface area contributed by atoms with E-state index in [2.05, 4.69) is 15.0 Å². The average Bonchev–Trinajstić information content (AvgIpc) is 2.89. The van der Waals surface area contributed by atoms with Crippen molar-refractivity contribution in [3.8, 4) is 17.4 Å². The molecule has 146 valence electrons. The molecule has 4 N–H and O–H groups in total. The summed E-state index contributed by atoms with van der Waals surface area (Å²) in [6, 6.07) is 4.99. The molecule has 3 heterocycles. The molecule has 1 aliphatic rings. The molecule has 0 saturated carbocycles. The molecule has 1 aromatic carbocycles. The number of halogens is 3. The highest BCUT2D eigenvalue weighted by Gasteiger charge is 2.36. The van der Waals surface area contributed by atoms with Crippen LogP contribution in [0.4, 0.5) is 24.9 Å². The first-order chi connectivity index (χ1) is 13.0. The molecular formula is C18H16F3N5O2. The summed E-state index contributed by atoms with van der Waals surface area (Å²) in [5.74, 6) is 0.626. The molecule has 0 aliphatic carbocycles. The summed E-state index contributed by atoms with van der Waals surface area (Å²) in [5, 5.41) is 0.485. The zero-order valence-electron chi connectivity index (χ0n) is 15.0. The van der Waals surface area contributed by atoms with Crippen LogP contribution in [0.15, 0.2) is 24.3 Å². The maximum Gasteiger partial charge on any atom is 0.433 e. The van der Waals surface area contributed by atoms with E-state index in [1.165, 1.54) is 12.1 Å². The van der Waals surface area contributed by atoms with E-state index in [0.717, 1.165) is 6.07 Å². The zero-order valence-corrected chi connectivity index (χ0v) is 15.0. The van der Waals surface area contributed by atoms with Crippen molar-refractivity contribution in [2.45, 2.75) is 32.0 Å². The van der Waals surface area contributed by atoms with Crippen LogP contribution in [0, 0.1) is 0 Å². The lowest BCUT2D eigenvalue weighted by Gasteiger charge is -2.17. The van der Waals surface area contributed by atoms with Crippen LogP contribution in [-0.2, 0) is 12.6 Å². The number of fused-ring (bicyclic) bond motifs is 3. The van der Waals surface area contributed by atoms with Gasteiger partial charge in [-0.15, -0.1) is 0 Å². The predicted octanol–water partition coefficient (Wildman–Crippen LogP) is 3.71. The van der Waals surface area contributed by atoms with Crippen LogP contribution in [0.1, 0.15) is 25.1 Å². The van der Waals surface area contributed by atoms with Crippen LogP contribution in [0.25, 0.3) is 10.9 Å². The van der Waals surface area contributed by atoms with E-state index in [-0.39, 0.29) is 23.4 Å². The lowest BCUT2D eigenvalue weighted by Crippen LogP contribution is -2.24. The fourth-order valence-electron chi connectivity index (χ4n) is 3.18. The molecule has 0 saturated heterocycles. The van der Waals surface area contributed by atoms with Gasteiger partial charge in [0.05, 0.1) is 10.9 Å². The number of hydrogen-bond acceptors (Lipinski definition) is 7. The Hall–Kier alpha value is -3.30. The predicted molar refractivity (Wildman–Crippen MR) is 96.1 cm³/mol. The van der Waals surface area contributed by atoms with Crippen LogP contribution < -0.4 is 20.9 Å². The molecule has 0 fully saturated rings. The summed E-state index contributed by atoms with van der Waals surface area (Å²) in [4.78, 5) is 11.7. The van der Waals surface area contributed by atoms with Crippen LogP contribution in [0.3, 0.4) is 0 Å². The van der Waals surface area contributed by atoms with E-state index in [9.17, 15) is 13.2 Å². The highest BCUT2D eigenvalue weighted by molar-refractivity contribution is 5.97. The van der Waals surface area contributed by atoms with Crippen molar-refractivity contribution in [1.29, 1.82) is 0 Å². The quantitative estimate of drug-likeness (QED) is 0.685. The monoisotopic (exact) mass is 391 g/mol. The van der Waals surface area contributed by atoms with Gasteiger partial charge >= 0.3 is 6.18 Å². The van der Waals surface area contributed by atoms with Gasteiger partial charge in [0, 0.05) is 24.1 Å². The molecule has 28 heavy (non-hydrogen) atoms. The molecule has 0 spiro atoms. The Morgan fingerprint density at radius 3 is 2.61 bits per heavy atom. The summed E-state index contributed by atoms with van der Waals surface area (Å²) >= 11 is 0. The van der Waals surface area contributed by atoms with E-state index in [0.29, 0.717) is 28.6 Å². The Balaban J connectivity index is 1.87. The molecular weight excluding hydrogens is 375 g/mol. The van der Waals surface area contributed by atoms with Crippen LogP contribution in [0.5, 0.6) is 17.4 Å². The first-order valence-corrected chi connectivity index (χ1v) is 8.33. The van der Waals surface area contributed by atoms with Crippen molar-refractivity contribution < 1.29 is 22.6 Å². The van der Waals surface area contributed by atoms with Crippen molar-refractivity contribution in [1.82, 2.24) is 15.0 Å². The topological polar surface area (TPSA) is 109 Å². The Kier molecular flexibility index (Phi) is 3.78. The fraction of sp³-hybridized carbons (Fsp3) is 0.278. The van der Waals surface area contributed by atoms with Crippen molar-refractivity contribution in [2.75, 3.05) is 11.5 Å². The summed E-state index contributed by atoms with van der Waals surface area (Å²) in [7, 11) is 0. The van der Waals surface area contributed by atoms with Crippen LogP contribution >= 0.6 is 0 Å². The van der Waals surface area contributed by atoms with Crippen molar-refractivity contribution in [3.63, 3.8) is 0 Å². The number of anilines is 2. The van der Waals surface area contributed by atoms with Crippen LogP contribution in [0.2, 0.25) is 0 Å². The maximum absolute atomic E-state index is 12.9. The average molecular weight is 391 g/mol. The highest BCUT2D eigenvalue weighted by Crippen LogP contribution is 2.47. The van der Waals surface area contributed by atoms with Gasteiger partial charge in [0.25, 0.3) is 0 Å². The Morgan fingerprint density at radius 1 is 1.14 bits per heavy atom. The second-order valence-corrected chi connectivity index (χ2v) is 7.04. The Labute approximate surface area is 157 Å². The largest absolute Gasteiger partial charge is 0.486 e. The standard InChI is InChI=1S/C18H16F3N5O2/c1-17(2)7-8-10(27-12-5-3-4-11(25-12)18(19,20)21)6-9-13(14(8)28-17)15(22)26-16(23)24-9/h3-6H,7H2,1-2H3,(H4,22,23,24,26). The van der Waals surface area contributed by atoms with Crippen LogP contribution in [-0.4, -0.2) is 20.6 Å². The number of nitrogen functional groups attached to an aromatic ring is 2. The summed E-state index contributed by atoms with van der Waals surface area (Å²) in [6.07, 6.45) is -4.12. The lowest BCUT2D eigenvalue weighted by molar-refractivity contribution is -0.141. The third-order valence-electron chi connectivity index (χ3n) is 4.26. The highest BCUT2D eigenvalue weighted by atomic mass is 19.4. The van der Waals surface area contributed by atoms with E-state index >= 15 is 0 Å². The van der Waals surface area contributed by atoms with Gasteiger partial charge in [0.15, 0.2) is 0 Å². The normalized spacial score (nSPS) is 15.3. The first kappa shape index (κ1) is 18.1. The number of rotatable bonds is 2. The van der Waals surface area contributed by atoms with Gasteiger partial charge < -0.3 is 20.9 Å². The second-order valence-electron chi connectivity index (χ2n) is 7.04. The van der Waals surface area contributed by atoms with E-state index in [1.54, 1.807) is 6.07 Å². The zero-order chi connectivity index (χ0) is 20.3. The molecule has 0 radical (unpaired) electrons. The fourth-order valence-corrected chi connectivity index (χ4v) is 3.18. The lowest BCUT2D eigenvalue weighted by atomic mass is 9.99. The summed E-state index contributed by atoms with van der Waals surface area (Å²) in [6.45, 7) is 3.75. The first-order valence-electron chi connectivity index (χ1n) is 8.33. The Morgan fingerprint density at radius 2 is 1.89 bits per heavy atom. The van der Waals surface area contributed by atoms with Gasteiger partial charge in [-0.05, 0) is 19.9 Å². The molecule has 0 amide bonds. The summed E-state index contributed by atoms with van der Waals surface area (Å²) < 4.78 is 50.5. The minimum Gasteiger partial charge on any atom is -0.486 e. The second kappa shape index (κ2) is 5.85. The van der Waals surface area contributed by atoms with Gasteiger partial charge in [0.1, 0.15) is 28.6 Å². The number of pyridine rings is 1. The molecule has 4 rings (SSSR count). The molecule has 2 aromatic heterocycles. The van der Waals surface area contributed by atoms with Crippen molar-refractivity contribution in [3.05, 3.63) is 35.5 Å². The molecule has 1 aliphatic heterocycles. The van der Waals surface area contributed by atoms with E-state index in [1.807, 2.05) is 13.8 Å². The van der Waals surface area contributed by atoms with Crippen molar-refractivity contribution in [2.24, 2.45) is 0 Å². The Bertz CT molecular complexity index is 1100. The number of nitrogens with zero attached hydrogens (tertiary/aromatic N) is 3. The van der Waals surface area contributed by atoms with E-state index < -0.39 is 17.5 Å². The van der Waals surface area contributed by atoms with E-state index in [4.69, 9.17) is 20.9 Å². The molecule has 0 atom stereocenters. The molecule has 0 bridgehead atoms. The maximum atomic E-state index is 12.9. The number of alkyl halides is 3. The molecule has 0 unspecified atom stereocenters. The van der Waals surface area contributed by atoms with Gasteiger partial charge in [-0.2, -0.15) is 18.2 Å². The molecule has 10 heteroatoms. The van der Waals surface area contributed by atoms with Gasteiger partial charge in [-0.3, -0.25) is 0 Å². The number of ether oxygens (including phenoxy) is 2. The molecule has 3 aromatic rings. The third-order valence-corrected chi connectivity index (χ3v) is 4.26. The summed E-state index contributed by atoms with van der Waals surface area (Å²) in [5.41, 5.74) is 11.1. The van der Waals surface area contributed by atoms with Crippen molar-refractivity contribution >= 4 is 22.7 Å². The number of aromatic nitrogens is 3. The SMILES string of the molecule is CC1(C)Cc2c(Oc3cccc(C(F)(F)F)n3)cc3nc(N)nc(N)c3c2O1. The number of hydrogen-bond donors (Lipinski definition) is 2. The van der Waals surface area contributed by atoms with Gasteiger partial charge in [0.2, 0.25) is 11.8 Å². The smallest absolute Gasteiger partial charge is 0.433 e. The number of nitrogens with two attached hydrogens (primary N) is 2. The van der Waals surface area contributed by atoms with Gasteiger partial charge in [-0.25, -0.2) is 9.97 Å². The van der Waals surface area contributed by atoms with Gasteiger partial charge in [-0.1, -0.05) is 6.07 Å². The third kappa shape index (κ3) is 3.10. The number of benzene rings is 1.